The summed E-state index contributed by atoms with van der Waals surface area (Å²) >= 11 is 0. The molecule has 0 aliphatic rings. The summed E-state index contributed by atoms with van der Waals surface area (Å²) in [6.45, 7) is 4.82. The number of amides is 1. The van der Waals surface area contributed by atoms with Crippen LogP contribution in [-0.2, 0) is 6.54 Å². The molecule has 0 saturated carbocycles. The summed E-state index contributed by atoms with van der Waals surface area (Å²) < 4.78 is 0. The lowest BCUT2D eigenvalue weighted by molar-refractivity contribution is 0.1000. The first-order valence-corrected chi connectivity index (χ1v) is 6.60. The molecule has 1 atom stereocenters. The van der Waals surface area contributed by atoms with Crippen molar-refractivity contribution in [3.63, 3.8) is 0 Å². The zero-order chi connectivity index (χ0) is 14.5. The van der Waals surface area contributed by atoms with Gasteiger partial charge in [-0.25, -0.2) is 0 Å². The molecule has 0 saturated heterocycles. The topological polar surface area (TPSA) is 68.0 Å². The van der Waals surface area contributed by atoms with Gasteiger partial charge in [0.05, 0.1) is 0 Å². The monoisotopic (exact) mass is 269 g/mol. The van der Waals surface area contributed by atoms with Crippen molar-refractivity contribution in [1.82, 2.24) is 10.3 Å². The lowest BCUT2D eigenvalue weighted by Crippen LogP contribution is -2.19. The maximum Gasteiger partial charge on any atom is 0.248 e. The number of primary amides is 1. The van der Waals surface area contributed by atoms with Crippen molar-refractivity contribution >= 4 is 5.91 Å². The molecule has 2 rings (SSSR count). The maximum atomic E-state index is 11.1. The number of nitrogens with zero attached hydrogens (tertiary/aromatic N) is 1. The number of carbonyl (C=O) groups is 1. The van der Waals surface area contributed by atoms with Crippen molar-refractivity contribution < 1.29 is 4.79 Å². The Bertz CT molecular complexity index is 596. The molecule has 0 aliphatic carbocycles. The average Bonchev–Trinajstić information content (AvgIpc) is 2.46. The lowest BCUT2D eigenvalue weighted by atomic mass is 10.0. The van der Waals surface area contributed by atoms with Crippen LogP contribution in [0.3, 0.4) is 0 Å². The molecule has 1 unspecified atom stereocenters. The highest BCUT2D eigenvalue weighted by Crippen LogP contribution is 2.14. The Balaban J connectivity index is 2.02. The number of hydrogen-bond acceptors (Lipinski definition) is 3. The second kappa shape index (κ2) is 6.30. The highest BCUT2D eigenvalue weighted by molar-refractivity contribution is 5.93. The highest BCUT2D eigenvalue weighted by atomic mass is 16.1. The normalized spacial score (nSPS) is 12.1. The SMILES string of the molecule is Cc1cc(C(N)=O)ccc1CNC(C)c1cccnc1. The van der Waals surface area contributed by atoms with E-state index in [4.69, 9.17) is 5.73 Å². The minimum atomic E-state index is -0.392. The van der Waals surface area contributed by atoms with Gasteiger partial charge < -0.3 is 11.1 Å². The van der Waals surface area contributed by atoms with Crippen LogP contribution in [0.5, 0.6) is 0 Å². The van der Waals surface area contributed by atoms with E-state index < -0.39 is 5.91 Å². The zero-order valence-electron chi connectivity index (χ0n) is 11.8. The number of hydrogen-bond donors (Lipinski definition) is 2. The van der Waals surface area contributed by atoms with Crippen LogP contribution >= 0.6 is 0 Å². The molecule has 1 aromatic heterocycles. The molecule has 0 spiro atoms. The van der Waals surface area contributed by atoms with Crippen LogP contribution in [0.2, 0.25) is 0 Å². The Morgan fingerprint density at radius 1 is 1.40 bits per heavy atom. The standard InChI is InChI=1S/C16H19N3O/c1-11-8-13(16(17)20)5-6-14(11)10-19-12(2)15-4-3-7-18-9-15/h3-9,12,19H,10H2,1-2H3,(H2,17,20). The Kier molecular flexibility index (Phi) is 4.48. The van der Waals surface area contributed by atoms with Crippen LogP contribution in [0.4, 0.5) is 0 Å². The Hall–Kier alpha value is -2.20. The fraction of sp³-hybridized carbons (Fsp3) is 0.250. The number of nitrogens with one attached hydrogen (secondary N) is 1. The van der Waals surface area contributed by atoms with E-state index in [-0.39, 0.29) is 6.04 Å². The second-order valence-electron chi connectivity index (χ2n) is 4.89. The quantitative estimate of drug-likeness (QED) is 0.875. The van der Waals surface area contributed by atoms with Crippen LogP contribution in [0.1, 0.15) is 40.0 Å². The zero-order valence-corrected chi connectivity index (χ0v) is 11.8. The molecule has 0 fully saturated rings. The third kappa shape index (κ3) is 3.42. The van der Waals surface area contributed by atoms with Gasteiger partial charge in [-0.1, -0.05) is 12.1 Å². The first-order valence-electron chi connectivity index (χ1n) is 6.60. The molecule has 104 valence electrons. The molecular formula is C16H19N3O. The summed E-state index contributed by atoms with van der Waals surface area (Å²) in [5.74, 6) is -0.392. The molecule has 0 radical (unpaired) electrons. The van der Waals surface area contributed by atoms with Gasteiger partial charge in [0.2, 0.25) is 5.91 Å². The Morgan fingerprint density at radius 3 is 2.80 bits per heavy atom. The minimum Gasteiger partial charge on any atom is -0.366 e. The summed E-state index contributed by atoms with van der Waals surface area (Å²) in [6, 6.07) is 9.74. The molecule has 0 aliphatic heterocycles. The third-order valence-electron chi connectivity index (χ3n) is 3.41. The number of pyridine rings is 1. The number of benzene rings is 1. The largest absolute Gasteiger partial charge is 0.366 e. The lowest BCUT2D eigenvalue weighted by Gasteiger charge is -2.15. The van der Waals surface area contributed by atoms with Crippen molar-refractivity contribution in [3.05, 3.63) is 65.0 Å². The van der Waals surface area contributed by atoms with Crippen LogP contribution in [0, 0.1) is 6.92 Å². The summed E-state index contributed by atoms with van der Waals surface area (Å²) in [6.07, 6.45) is 3.63. The molecular weight excluding hydrogens is 250 g/mol. The summed E-state index contributed by atoms with van der Waals surface area (Å²) in [7, 11) is 0. The average molecular weight is 269 g/mol. The highest BCUT2D eigenvalue weighted by Gasteiger charge is 2.07. The number of aryl methyl sites for hydroxylation is 1. The molecule has 0 bridgehead atoms. The van der Waals surface area contributed by atoms with Gasteiger partial charge in [0.15, 0.2) is 0 Å². The van der Waals surface area contributed by atoms with Gasteiger partial charge in [-0.15, -0.1) is 0 Å². The fourth-order valence-electron chi connectivity index (χ4n) is 2.06. The predicted octanol–water partition coefficient (Wildman–Crippen LogP) is 2.34. The number of nitrogens with two attached hydrogens (primary N) is 1. The van der Waals surface area contributed by atoms with Crippen molar-refractivity contribution in [2.24, 2.45) is 5.73 Å². The van der Waals surface area contributed by atoms with Gasteiger partial charge in [-0.3, -0.25) is 9.78 Å². The second-order valence-corrected chi connectivity index (χ2v) is 4.89. The molecule has 4 heteroatoms. The van der Waals surface area contributed by atoms with E-state index in [1.54, 1.807) is 12.3 Å². The maximum absolute atomic E-state index is 11.1. The van der Waals surface area contributed by atoms with Gasteiger partial charge in [-0.05, 0) is 48.7 Å². The first-order chi connectivity index (χ1) is 9.58. The van der Waals surface area contributed by atoms with E-state index in [0.717, 1.165) is 23.2 Å². The molecule has 1 aromatic carbocycles. The van der Waals surface area contributed by atoms with E-state index >= 15 is 0 Å². The number of rotatable bonds is 5. The molecule has 1 heterocycles. The molecule has 4 nitrogen and oxygen atoms in total. The first kappa shape index (κ1) is 14.2. The fourth-order valence-corrected chi connectivity index (χ4v) is 2.06. The summed E-state index contributed by atoms with van der Waals surface area (Å²) in [4.78, 5) is 15.2. The van der Waals surface area contributed by atoms with Gasteiger partial charge >= 0.3 is 0 Å². The van der Waals surface area contributed by atoms with Gasteiger partial charge in [-0.2, -0.15) is 0 Å². The molecule has 20 heavy (non-hydrogen) atoms. The Labute approximate surface area is 119 Å². The van der Waals surface area contributed by atoms with Gasteiger partial charge in [0.1, 0.15) is 0 Å². The van der Waals surface area contributed by atoms with Crippen LogP contribution < -0.4 is 11.1 Å². The van der Waals surface area contributed by atoms with Gasteiger partial charge in [0.25, 0.3) is 0 Å². The van der Waals surface area contributed by atoms with Crippen molar-refractivity contribution in [1.29, 1.82) is 0 Å². The van der Waals surface area contributed by atoms with E-state index in [2.05, 4.69) is 17.2 Å². The van der Waals surface area contributed by atoms with E-state index in [9.17, 15) is 4.79 Å². The minimum absolute atomic E-state index is 0.221. The van der Waals surface area contributed by atoms with Crippen molar-refractivity contribution in [2.75, 3.05) is 0 Å². The van der Waals surface area contributed by atoms with Crippen molar-refractivity contribution in [3.8, 4) is 0 Å². The third-order valence-corrected chi connectivity index (χ3v) is 3.41. The number of carbonyl (C=O) groups excluding carboxylic acids is 1. The Morgan fingerprint density at radius 2 is 2.20 bits per heavy atom. The summed E-state index contributed by atoms with van der Waals surface area (Å²) in [5, 5.41) is 3.45. The number of aromatic nitrogens is 1. The van der Waals surface area contributed by atoms with Crippen molar-refractivity contribution in [2.45, 2.75) is 26.4 Å². The van der Waals surface area contributed by atoms with E-state index in [0.29, 0.717) is 5.56 Å². The molecule has 1 amide bonds. The van der Waals surface area contributed by atoms with Crippen LogP contribution in [-0.4, -0.2) is 10.9 Å². The van der Waals surface area contributed by atoms with Gasteiger partial charge in [0, 0.05) is 30.5 Å². The smallest absolute Gasteiger partial charge is 0.248 e. The summed E-state index contributed by atoms with van der Waals surface area (Å²) in [5.41, 5.74) is 9.19. The van der Waals surface area contributed by atoms with Crippen LogP contribution in [0.25, 0.3) is 0 Å². The molecule has 2 aromatic rings. The van der Waals surface area contributed by atoms with E-state index in [1.165, 1.54) is 0 Å². The van der Waals surface area contributed by atoms with Crippen LogP contribution in [0.15, 0.2) is 42.7 Å². The molecule has 3 N–H and O–H groups in total. The predicted molar refractivity (Wildman–Crippen MR) is 79.2 cm³/mol. The van der Waals surface area contributed by atoms with E-state index in [1.807, 2.05) is 37.4 Å².